The summed E-state index contributed by atoms with van der Waals surface area (Å²) < 4.78 is 5.78. The summed E-state index contributed by atoms with van der Waals surface area (Å²) in [5.41, 5.74) is 1.74. The lowest BCUT2D eigenvalue weighted by Gasteiger charge is -2.25. The maximum Gasteiger partial charge on any atom is 0.213 e. The largest absolute Gasteiger partial charge is 0.477 e. The fraction of sp³-hybridized carbons (Fsp3) is 0.533. The molecule has 0 radical (unpaired) electrons. The zero-order valence-electron chi connectivity index (χ0n) is 11.1. The molecule has 0 spiro atoms. The quantitative estimate of drug-likeness (QED) is 0.832. The molecule has 1 aliphatic carbocycles. The Hall–Kier alpha value is -1.35. The van der Waals surface area contributed by atoms with Crippen LogP contribution in [0.2, 0.25) is 0 Å². The molecule has 2 rings (SSSR count). The molecule has 0 bridgehead atoms. The molecule has 1 heterocycles. The molecule has 98 valence electrons. The molecular weight excluding hydrogens is 226 g/mol. The number of pyridine rings is 1. The van der Waals surface area contributed by atoms with Gasteiger partial charge in [0.2, 0.25) is 5.88 Å². The minimum atomic E-state index is 0.0300. The molecule has 1 aromatic heterocycles. The molecule has 2 atom stereocenters. The van der Waals surface area contributed by atoms with Crippen LogP contribution in [0.1, 0.15) is 31.0 Å². The minimum Gasteiger partial charge on any atom is -0.477 e. The van der Waals surface area contributed by atoms with Gasteiger partial charge in [-0.2, -0.15) is 0 Å². The molecule has 0 aliphatic heterocycles. The van der Waals surface area contributed by atoms with E-state index in [2.05, 4.69) is 24.1 Å². The van der Waals surface area contributed by atoms with E-state index in [0.29, 0.717) is 24.3 Å². The van der Waals surface area contributed by atoms with E-state index >= 15 is 0 Å². The first-order valence-corrected chi connectivity index (χ1v) is 6.55. The van der Waals surface area contributed by atoms with Crippen molar-refractivity contribution in [3.05, 3.63) is 35.5 Å². The predicted octanol–water partition coefficient (Wildman–Crippen LogP) is 2.86. The topological polar surface area (TPSA) is 42.4 Å². The normalized spacial score (nSPS) is 23.1. The lowest BCUT2D eigenvalue weighted by atomic mass is 9.85. The molecule has 2 unspecified atom stereocenters. The molecule has 0 amide bonds. The summed E-state index contributed by atoms with van der Waals surface area (Å²) in [6.07, 6.45) is 6.70. The van der Waals surface area contributed by atoms with Crippen molar-refractivity contribution in [2.45, 2.75) is 33.3 Å². The van der Waals surface area contributed by atoms with Gasteiger partial charge in [0.25, 0.3) is 0 Å². The SMILES string of the molecule is Cc1cc(CO)cc(OCC2CC=CCC2C)n1. The number of allylic oxidation sites excluding steroid dienone is 2. The summed E-state index contributed by atoms with van der Waals surface area (Å²) in [4.78, 5) is 4.34. The van der Waals surface area contributed by atoms with Gasteiger partial charge in [0.05, 0.1) is 13.2 Å². The smallest absolute Gasteiger partial charge is 0.213 e. The van der Waals surface area contributed by atoms with Crippen molar-refractivity contribution in [3.63, 3.8) is 0 Å². The number of rotatable bonds is 4. The van der Waals surface area contributed by atoms with Crippen molar-refractivity contribution in [2.75, 3.05) is 6.61 Å². The Kier molecular flexibility index (Phi) is 4.37. The van der Waals surface area contributed by atoms with Gasteiger partial charge in [0.1, 0.15) is 0 Å². The second-order valence-electron chi connectivity index (χ2n) is 5.10. The second-order valence-corrected chi connectivity index (χ2v) is 5.10. The van der Waals surface area contributed by atoms with E-state index in [9.17, 15) is 0 Å². The van der Waals surface area contributed by atoms with Crippen LogP contribution in [0.25, 0.3) is 0 Å². The fourth-order valence-corrected chi connectivity index (χ4v) is 2.30. The number of ether oxygens (including phenoxy) is 1. The first kappa shape index (κ1) is 13.1. The van der Waals surface area contributed by atoms with Gasteiger partial charge in [0.15, 0.2) is 0 Å². The van der Waals surface area contributed by atoms with E-state index in [1.165, 1.54) is 0 Å². The predicted molar refractivity (Wildman–Crippen MR) is 71.4 cm³/mol. The Morgan fingerprint density at radius 1 is 1.33 bits per heavy atom. The van der Waals surface area contributed by atoms with Crippen LogP contribution >= 0.6 is 0 Å². The Bertz CT molecular complexity index is 429. The van der Waals surface area contributed by atoms with Crippen LogP contribution in [-0.4, -0.2) is 16.7 Å². The van der Waals surface area contributed by atoms with Gasteiger partial charge in [-0.05, 0) is 43.2 Å². The van der Waals surface area contributed by atoms with E-state index in [4.69, 9.17) is 9.84 Å². The fourth-order valence-electron chi connectivity index (χ4n) is 2.30. The summed E-state index contributed by atoms with van der Waals surface area (Å²) in [5.74, 6) is 1.85. The Morgan fingerprint density at radius 3 is 2.83 bits per heavy atom. The van der Waals surface area contributed by atoms with E-state index in [1.54, 1.807) is 0 Å². The van der Waals surface area contributed by atoms with Crippen LogP contribution < -0.4 is 4.74 Å². The van der Waals surface area contributed by atoms with Gasteiger partial charge in [-0.15, -0.1) is 0 Å². The zero-order chi connectivity index (χ0) is 13.0. The van der Waals surface area contributed by atoms with Crippen molar-refractivity contribution >= 4 is 0 Å². The van der Waals surface area contributed by atoms with Crippen LogP contribution in [0.3, 0.4) is 0 Å². The molecular formula is C15H21NO2. The molecule has 0 fully saturated rings. The number of hydrogen-bond acceptors (Lipinski definition) is 3. The molecule has 1 aliphatic rings. The van der Waals surface area contributed by atoms with Crippen LogP contribution in [0.4, 0.5) is 0 Å². The van der Waals surface area contributed by atoms with Crippen LogP contribution in [0.5, 0.6) is 5.88 Å². The summed E-state index contributed by atoms with van der Waals surface area (Å²) in [6, 6.07) is 3.69. The highest BCUT2D eigenvalue weighted by Gasteiger charge is 2.19. The first-order valence-electron chi connectivity index (χ1n) is 6.55. The summed E-state index contributed by atoms with van der Waals surface area (Å²) >= 11 is 0. The number of nitrogens with zero attached hydrogens (tertiary/aromatic N) is 1. The maximum absolute atomic E-state index is 9.15. The standard InChI is InChI=1S/C15H21NO2/c1-11-5-3-4-6-14(11)10-18-15-8-13(9-17)7-12(2)16-15/h3-4,7-8,11,14,17H,5-6,9-10H2,1-2H3. The molecule has 18 heavy (non-hydrogen) atoms. The number of aryl methyl sites for hydroxylation is 1. The second kappa shape index (κ2) is 6.01. The lowest BCUT2D eigenvalue weighted by Crippen LogP contribution is -2.21. The molecule has 0 saturated heterocycles. The number of aromatic nitrogens is 1. The molecule has 0 saturated carbocycles. The number of aliphatic hydroxyl groups is 1. The van der Waals surface area contributed by atoms with Crippen molar-refractivity contribution in [1.82, 2.24) is 4.98 Å². The van der Waals surface area contributed by atoms with Gasteiger partial charge in [-0.1, -0.05) is 19.1 Å². The van der Waals surface area contributed by atoms with Crippen molar-refractivity contribution < 1.29 is 9.84 Å². The minimum absolute atomic E-state index is 0.0300. The first-order chi connectivity index (χ1) is 8.69. The van der Waals surface area contributed by atoms with E-state index in [1.807, 2.05) is 19.1 Å². The van der Waals surface area contributed by atoms with Gasteiger partial charge < -0.3 is 9.84 Å². The highest BCUT2D eigenvalue weighted by molar-refractivity contribution is 5.24. The van der Waals surface area contributed by atoms with E-state index < -0.39 is 0 Å². The molecule has 1 aromatic rings. The summed E-state index contributed by atoms with van der Waals surface area (Å²) in [6.45, 7) is 4.91. The van der Waals surface area contributed by atoms with Gasteiger partial charge in [0, 0.05) is 11.8 Å². The number of aliphatic hydroxyl groups excluding tert-OH is 1. The van der Waals surface area contributed by atoms with Gasteiger partial charge in [-0.3, -0.25) is 0 Å². The van der Waals surface area contributed by atoms with Crippen molar-refractivity contribution in [2.24, 2.45) is 11.8 Å². The average Bonchev–Trinajstić information content (AvgIpc) is 2.37. The molecule has 0 aromatic carbocycles. The third-order valence-corrected chi connectivity index (χ3v) is 3.54. The highest BCUT2D eigenvalue weighted by Crippen LogP contribution is 2.25. The molecule has 1 N–H and O–H groups in total. The lowest BCUT2D eigenvalue weighted by molar-refractivity contribution is 0.192. The Balaban J connectivity index is 1.97. The van der Waals surface area contributed by atoms with Crippen molar-refractivity contribution in [3.8, 4) is 5.88 Å². The van der Waals surface area contributed by atoms with E-state index in [-0.39, 0.29) is 6.61 Å². The number of hydrogen-bond donors (Lipinski definition) is 1. The van der Waals surface area contributed by atoms with Crippen LogP contribution in [-0.2, 0) is 6.61 Å². The molecule has 3 nitrogen and oxygen atoms in total. The van der Waals surface area contributed by atoms with Crippen LogP contribution in [0, 0.1) is 18.8 Å². The monoisotopic (exact) mass is 247 g/mol. The third kappa shape index (κ3) is 3.33. The summed E-state index contributed by atoms with van der Waals surface area (Å²) in [5, 5.41) is 9.15. The van der Waals surface area contributed by atoms with Crippen molar-refractivity contribution in [1.29, 1.82) is 0 Å². The van der Waals surface area contributed by atoms with Crippen LogP contribution in [0.15, 0.2) is 24.3 Å². The van der Waals surface area contributed by atoms with E-state index in [0.717, 1.165) is 24.1 Å². The van der Waals surface area contributed by atoms with Gasteiger partial charge in [-0.25, -0.2) is 4.98 Å². The summed E-state index contributed by atoms with van der Waals surface area (Å²) in [7, 11) is 0. The average molecular weight is 247 g/mol. The Labute approximate surface area is 109 Å². The Morgan fingerprint density at radius 2 is 2.11 bits per heavy atom. The maximum atomic E-state index is 9.15. The van der Waals surface area contributed by atoms with Gasteiger partial charge >= 0.3 is 0 Å². The third-order valence-electron chi connectivity index (χ3n) is 3.54. The zero-order valence-corrected chi connectivity index (χ0v) is 11.1. The molecule has 3 heteroatoms. The highest BCUT2D eigenvalue weighted by atomic mass is 16.5.